The van der Waals surface area contributed by atoms with E-state index >= 15 is 0 Å². The van der Waals surface area contributed by atoms with Gasteiger partial charge in [-0.3, -0.25) is 0 Å². The summed E-state index contributed by atoms with van der Waals surface area (Å²) >= 11 is 0. The summed E-state index contributed by atoms with van der Waals surface area (Å²) in [7, 11) is 0. The molecule has 3 aliphatic rings. The second-order valence-corrected chi connectivity index (χ2v) is 10.9. The van der Waals surface area contributed by atoms with Crippen LogP contribution in [0.15, 0.2) is 0 Å². The maximum atomic E-state index is 9.25. The molecule has 0 bridgehead atoms. The number of rotatable bonds is 10. The van der Waals surface area contributed by atoms with Gasteiger partial charge in [-0.05, 0) is 87.1 Å². The van der Waals surface area contributed by atoms with Crippen LogP contribution in [0.4, 0.5) is 0 Å². The van der Waals surface area contributed by atoms with E-state index in [0.29, 0.717) is 6.61 Å². The maximum Gasteiger partial charge on any atom is 0.101 e. The zero-order valence-corrected chi connectivity index (χ0v) is 19.6. The third kappa shape index (κ3) is 7.21. The molecule has 0 aromatic heterocycles. The molecule has 3 unspecified atom stereocenters. The molecule has 2 saturated heterocycles. The molecule has 3 heteroatoms. The lowest BCUT2D eigenvalue weighted by Crippen LogP contribution is -3.13. The van der Waals surface area contributed by atoms with Gasteiger partial charge in [0.2, 0.25) is 0 Å². The van der Waals surface area contributed by atoms with E-state index in [-0.39, 0.29) is 0 Å². The highest BCUT2D eigenvalue weighted by molar-refractivity contribution is 4.84. The first-order valence-corrected chi connectivity index (χ1v) is 13.4. The van der Waals surface area contributed by atoms with Crippen molar-refractivity contribution in [1.82, 2.24) is 5.32 Å². The highest BCUT2D eigenvalue weighted by Gasteiger charge is 2.33. The molecular formula is C26H51N2O+. The zero-order valence-electron chi connectivity index (χ0n) is 19.6. The topological polar surface area (TPSA) is 36.7 Å². The molecule has 2 heterocycles. The molecule has 29 heavy (non-hydrogen) atoms. The van der Waals surface area contributed by atoms with Crippen LogP contribution in [0.25, 0.3) is 0 Å². The highest BCUT2D eigenvalue weighted by atomic mass is 16.3. The monoisotopic (exact) mass is 407 g/mol. The van der Waals surface area contributed by atoms with Crippen molar-refractivity contribution in [3.8, 4) is 0 Å². The smallest absolute Gasteiger partial charge is 0.101 e. The van der Waals surface area contributed by atoms with Gasteiger partial charge in [-0.2, -0.15) is 0 Å². The van der Waals surface area contributed by atoms with Crippen LogP contribution < -0.4 is 10.2 Å². The fraction of sp³-hybridized carbons (Fsp3) is 1.00. The van der Waals surface area contributed by atoms with E-state index in [9.17, 15) is 5.11 Å². The fourth-order valence-electron chi connectivity index (χ4n) is 7.18. The highest BCUT2D eigenvalue weighted by Crippen LogP contribution is 2.41. The second-order valence-electron chi connectivity index (χ2n) is 10.9. The van der Waals surface area contributed by atoms with Crippen LogP contribution in [0.3, 0.4) is 0 Å². The van der Waals surface area contributed by atoms with Crippen molar-refractivity contribution in [2.24, 2.45) is 35.5 Å². The minimum absolute atomic E-state index is 0.354. The average Bonchev–Trinajstić information content (AvgIpc) is 2.78. The van der Waals surface area contributed by atoms with Gasteiger partial charge in [0.15, 0.2) is 0 Å². The Balaban J connectivity index is 1.57. The van der Waals surface area contributed by atoms with Crippen molar-refractivity contribution in [3.63, 3.8) is 0 Å². The standard InChI is InChI=1S/C26H50N2O/c1-3-22(24-7-5-4-6-8-24)20-26(25-9-13-27-14-10-25)19-21(2)23-11-15-28(16-12-23)17-18-29/h21-27,29H,3-20H2,1-2H3/p+1. The van der Waals surface area contributed by atoms with E-state index in [1.54, 1.807) is 4.90 Å². The lowest BCUT2D eigenvalue weighted by atomic mass is 9.68. The summed E-state index contributed by atoms with van der Waals surface area (Å²) in [5.41, 5.74) is 0. The van der Waals surface area contributed by atoms with Crippen molar-refractivity contribution in [2.45, 2.75) is 90.9 Å². The summed E-state index contributed by atoms with van der Waals surface area (Å²) in [6.07, 6.45) is 17.5. The van der Waals surface area contributed by atoms with Crippen LogP contribution in [-0.2, 0) is 0 Å². The van der Waals surface area contributed by atoms with E-state index in [1.807, 2.05) is 0 Å². The van der Waals surface area contributed by atoms with Crippen LogP contribution in [0.5, 0.6) is 0 Å². The summed E-state index contributed by atoms with van der Waals surface area (Å²) < 4.78 is 0. The molecule has 3 rings (SSSR count). The number of piperidine rings is 2. The number of hydrogen-bond acceptors (Lipinski definition) is 2. The molecule has 0 radical (unpaired) electrons. The fourth-order valence-corrected chi connectivity index (χ4v) is 7.18. The number of likely N-dealkylation sites (tertiary alicyclic amines) is 1. The molecule has 1 aliphatic carbocycles. The van der Waals surface area contributed by atoms with Crippen molar-refractivity contribution >= 4 is 0 Å². The van der Waals surface area contributed by atoms with Gasteiger partial charge in [0.25, 0.3) is 0 Å². The van der Waals surface area contributed by atoms with Crippen LogP contribution in [-0.4, -0.2) is 44.4 Å². The van der Waals surface area contributed by atoms with Gasteiger partial charge < -0.3 is 15.3 Å². The van der Waals surface area contributed by atoms with Crippen molar-refractivity contribution in [2.75, 3.05) is 39.3 Å². The minimum atomic E-state index is 0.354. The molecule has 0 aromatic rings. The molecule has 3 N–H and O–H groups in total. The Morgan fingerprint density at radius 2 is 1.48 bits per heavy atom. The lowest BCUT2D eigenvalue weighted by molar-refractivity contribution is -0.906. The molecule has 3 atom stereocenters. The first-order chi connectivity index (χ1) is 14.2. The summed E-state index contributed by atoms with van der Waals surface area (Å²) in [6, 6.07) is 0. The Morgan fingerprint density at radius 3 is 2.10 bits per heavy atom. The quantitative estimate of drug-likeness (QED) is 0.513. The van der Waals surface area contributed by atoms with Gasteiger partial charge in [-0.1, -0.05) is 52.4 Å². The normalized spacial score (nSPS) is 30.7. The van der Waals surface area contributed by atoms with Crippen LogP contribution >= 0.6 is 0 Å². The van der Waals surface area contributed by atoms with Crippen LogP contribution in [0.2, 0.25) is 0 Å². The number of quaternary nitrogens is 1. The van der Waals surface area contributed by atoms with Gasteiger partial charge in [0, 0.05) is 0 Å². The SMILES string of the molecule is CCC(CC(CC(C)C1CC[NH+](CCO)CC1)C1CCNCC1)C1CCCCC1. The summed E-state index contributed by atoms with van der Waals surface area (Å²) in [5.74, 6) is 5.75. The Labute approximate surface area is 181 Å². The minimum Gasteiger partial charge on any atom is -0.391 e. The Morgan fingerprint density at radius 1 is 0.828 bits per heavy atom. The Bertz CT molecular complexity index is 422. The van der Waals surface area contributed by atoms with E-state index in [2.05, 4.69) is 19.2 Å². The summed E-state index contributed by atoms with van der Waals surface area (Å²) in [5, 5.41) is 12.9. The molecule has 3 fully saturated rings. The third-order valence-electron chi connectivity index (χ3n) is 9.18. The second kappa shape index (κ2) is 12.7. The molecule has 0 amide bonds. The predicted octanol–water partition coefficient (Wildman–Crippen LogP) is 3.91. The summed E-state index contributed by atoms with van der Waals surface area (Å²) in [6.45, 7) is 11.4. The average molecular weight is 408 g/mol. The lowest BCUT2D eigenvalue weighted by Gasteiger charge is -2.40. The maximum absolute atomic E-state index is 9.25. The predicted molar refractivity (Wildman–Crippen MR) is 123 cm³/mol. The Kier molecular flexibility index (Phi) is 10.3. The van der Waals surface area contributed by atoms with Crippen molar-refractivity contribution in [3.05, 3.63) is 0 Å². The van der Waals surface area contributed by atoms with Crippen LogP contribution in [0.1, 0.15) is 90.9 Å². The van der Waals surface area contributed by atoms with E-state index < -0.39 is 0 Å². The molecule has 0 aromatic carbocycles. The molecule has 0 spiro atoms. The molecule has 170 valence electrons. The molecule has 2 aliphatic heterocycles. The van der Waals surface area contributed by atoms with E-state index in [1.165, 1.54) is 103 Å². The number of aliphatic hydroxyl groups excluding tert-OH is 1. The zero-order chi connectivity index (χ0) is 20.5. The number of hydrogen-bond donors (Lipinski definition) is 3. The molecule has 1 saturated carbocycles. The van der Waals surface area contributed by atoms with Gasteiger partial charge in [0.05, 0.1) is 19.7 Å². The first-order valence-electron chi connectivity index (χ1n) is 13.4. The first kappa shape index (κ1) is 23.5. The van der Waals surface area contributed by atoms with Crippen LogP contribution in [0, 0.1) is 35.5 Å². The van der Waals surface area contributed by atoms with Gasteiger partial charge >= 0.3 is 0 Å². The van der Waals surface area contributed by atoms with Crippen molar-refractivity contribution in [1.29, 1.82) is 0 Å². The molecule has 3 nitrogen and oxygen atoms in total. The van der Waals surface area contributed by atoms with Gasteiger partial charge in [0.1, 0.15) is 6.54 Å². The van der Waals surface area contributed by atoms with Crippen molar-refractivity contribution < 1.29 is 10.0 Å². The van der Waals surface area contributed by atoms with E-state index in [4.69, 9.17) is 0 Å². The largest absolute Gasteiger partial charge is 0.391 e. The summed E-state index contributed by atoms with van der Waals surface area (Å²) in [4.78, 5) is 1.63. The third-order valence-corrected chi connectivity index (χ3v) is 9.18. The number of aliphatic hydroxyl groups is 1. The van der Waals surface area contributed by atoms with Gasteiger partial charge in [-0.25, -0.2) is 0 Å². The number of nitrogens with one attached hydrogen (secondary N) is 2. The van der Waals surface area contributed by atoms with E-state index in [0.717, 1.165) is 42.1 Å². The molecular weight excluding hydrogens is 356 g/mol. The van der Waals surface area contributed by atoms with Gasteiger partial charge in [-0.15, -0.1) is 0 Å². The Hall–Kier alpha value is -0.120.